The molecule has 0 spiro atoms. The number of carbonyl (C=O) groups excluding carboxylic acids is 5. The Morgan fingerprint density at radius 3 is 2.14 bits per heavy atom. The fraction of sp³-hybridized carbons (Fsp3) is 0.393. The standard InChI is InChI=1S/C28H28F4N4O6/c29-17-12-18(30)23(32)24(22(17)31)42-13-21(37)19(11-15-8-9-33-25(15)38)35-26(39)20(10-14-6-7-14)36-28(41)27(40)34-16-4-2-1-3-5-16/h1-5,12,14-15,19-20H,6-11,13H2,(H,33,38)(H,34,40)(H,35,39)(H,36,41)/t15-,19-,20-/m0/s1. The molecule has 1 aliphatic heterocycles. The lowest BCUT2D eigenvalue weighted by Gasteiger charge is -2.24. The largest absolute Gasteiger partial charge is 0.479 e. The fourth-order valence-electron chi connectivity index (χ4n) is 4.47. The van der Waals surface area contributed by atoms with Gasteiger partial charge >= 0.3 is 11.8 Å². The average Bonchev–Trinajstić information content (AvgIpc) is 3.70. The molecule has 10 nitrogen and oxygen atoms in total. The third-order valence-corrected chi connectivity index (χ3v) is 6.94. The minimum Gasteiger partial charge on any atom is -0.479 e. The maximum atomic E-state index is 14.0. The molecule has 2 aromatic carbocycles. The van der Waals surface area contributed by atoms with Crippen LogP contribution in [0.4, 0.5) is 23.2 Å². The van der Waals surface area contributed by atoms with E-state index >= 15 is 0 Å². The van der Waals surface area contributed by atoms with Crippen molar-refractivity contribution in [2.24, 2.45) is 11.8 Å². The zero-order valence-corrected chi connectivity index (χ0v) is 22.2. The van der Waals surface area contributed by atoms with Crippen molar-refractivity contribution in [1.82, 2.24) is 16.0 Å². The summed E-state index contributed by atoms with van der Waals surface area (Å²) in [5.41, 5.74) is 0.354. The molecule has 0 bridgehead atoms. The van der Waals surface area contributed by atoms with E-state index in [1.165, 1.54) is 0 Å². The van der Waals surface area contributed by atoms with Crippen molar-refractivity contribution in [3.8, 4) is 5.75 Å². The predicted molar refractivity (Wildman–Crippen MR) is 139 cm³/mol. The van der Waals surface area contributed by atoms with Crippen molar-refractivity contribution in [1.29, 1.82) is 0 Å². The zero-order chi connectivity index (χ0) is 30.4. The van der Waals surface area contributed by atoms with Crippen molar-refractivity contribution >= 4 is 35.1 Å². The summed E-state index contributed by atoms with van der Waals surface area (Å²) >= 11 is 0. The molecule has 0 aromatic heterocycles. The lowest BCUT2D eigenvalue weighted by molar-refractivity contribution is -0.138. The van der Waals surface area contributed by atoms with Crippen molar-refractivity contribution in [2.45, 2.75) is 44.2 Å². The lowest BCUT2D eigenvalue weighted by atomic mass is 9.95. The van der Waals surface area contributed by atoms with Crippen LogP contribution in [0.2, 0.25) is 0 Å². The monoisotopic (exact) mass is 592 g/mol. The van der Waals surface area contributed by atoms with Crippen LogP contribution in [0.1, 0.15) is 32.1 Å². The van der Waals surface area contributed by atoms with Crippen LogP contribution >= 0.6 is 0 Å². The van der Waals surface area contributed by atoms with E-state index in [0.29, 0.717) is 18.7 Å². The number of benzene rings is 2. The minimum atomic E-state index is -1.85. The molecule has 2 fully saturated rings. The zero-order valence-electron chi connectivity index (χ0n) is 22.2. The number of halogens is 4. The molecule has 4 N–H and O–H groups in total. The SMILES string of the molecule is O=C(Nc1ccccc1)C(=O)N[C@@H](CC1CC1)C(=O)N[C@@H](C[C@@H]1CCNC1=O)C(=O)COc1c(F)c(F)cc(F)c1F. The summed E-state index contributed by atoms with van der Waals surface area (Å²) in [6.45, 7) is -0.778. The Kier molecular flexibility index (Phi) is 9.76. The first kappa shape index (κ1) is 30.5. The molecule has 224 valence electrons. The minimum absolute atomic E-state index is 0.0184. The number of carbonyl (C=O) groups is 5. The topological polar surface area (TPSA) is 143 Å². The Labute approximate surface area is 237 Å². The highest BCUT2D eigenvalue weighted by Crippen LogP contribution is 2.33. The van der Waals surface area contributed by atoms with Gasteiger partial charge in [-0.05, 0) is 37.3 Å². The van der Waals surface area contributed by atoms with Gasteiger partial charge in [0.15, 0.2) is 23.2 Å². The number of amides is 4. The summed E-state index contributed by atoms with van der Waals surface area (Å²) in [7, 11) is 0. The van der Waals surface area contributed by atoms with Crippen LogP contribution in [0.15, 0.2) is 36.4 Å². The van der Waals surface area contributed by atoms with Gasteiger partial charge in [0.1, 0.15) is 12.6 Å². The summed E-state index contributed by atoms with van der Waals surface area (Å²) in [6.07, 6.45) is 1.85. The Morgan fingerprint density at radius 1 is 0.881 bits per heavy atom. The van der Waals surface area contributed by atoms with E-state index < -0.39 is 77.1 Å². The normalized spacial score (nSPS) is 17.5. The number of ether oxygens (including phenoxy) is 1. The summed E-state index contributed by atoms with van der Waals surface area (Å²) in [5.74, 6) is -13.5. The molecule has 4 amide bonds. The van der Waals surface area contributed by atoms with Gasteiger partial charge in [-0.15, -0.1) is 0 Å². The van der Waals surface area contributed by atoms with Gasteiger partial charge in [0, 0.05) is 24.2 Å². The van der Waals surface area contributed by atoms with Crippen LogP contribution in [-0.4, -0.2) is 54.6 Å². The van der Waals surface area contributed by atoms with Crippen LogP contribution in [0.3, 0.4) is 0 Å². The summed E-state index contributed by atoms with van der Waals surface area (Å²) in [6, 6.07) is 5.45. The van der Waals surface area contributed by atoms with E-state index in [1.807, 2.05) is 0 Å². The van der Waals surface area contributed by atoms with E-state index in [1.54, 1.807) is 30.3 Å². The van der Waals surface area contributed by atoms with E-state index in [9.17, 15) is 41.5 Å². The van der Waals surface area contributed by atoms with E-state index in [-0.39, 0.29) is 30.7 Å². The molecule has 1 heterocycles. The average molecular weight is 593 g/mol. The summed E-state index contributed by atoms with van der Waals surface area (Å²) in [5, 5.41) is 9.82. The summed E-state index contributed by atoms with van der Waals surface area (Å²) < 4.78 is 60.0. The van der Waals surface area contributed by atoms with Gasteiger partial charge in [-0.3, -0.25) is 24.0 Å². The van der Waals surface area contributed by atoms with E-state index in [0.717, 1.165) is 12.8 Å². The highest BCUT2D eigenvalue weighted by molar-refractivity contribution is 6.40. The molecular weight excluding hydrogens is 564 g/mol. The second kappa shape index (κ2) is 13.4. The van der Waals surface area contributed by atoms with Gasteiger partial charge in [0.05, 0.1) is 6.04 Å². The molecule has 0 unspecified atom stereocenters. The number of hydrogen-bond acceptors (Lipinski definition) is 6. The predicted octanol–water partition coefficient (Wildman–Crippen LogP) is 2.13. The Balaban J connectivity index is 1.46. The van der Waals surface area contributed by atoms with Crippen LogP contribution in [0, 0.1) is 35.1 Å². The highest BCUT2D eigenvalue weighted by Gasteiger charge is 2.36. The van der Waals surface area contributed by atoms with E-state index in [2.05, 4.69) is 21.3 Å². The van der Waals surface area contributed by atoms with Crippen molar-refractivity contribution in [3.05, 3.63) is 59.7 Å². The number of ketones is 1. The molecule has 1 aliphatic carbocycles. The van der Waals surface area contributed by atoms with Crippen LogP contribution in [-0.2, 0) is 24.0 Å². The molecule has 3 atom stereocenters. The third-order valence-electron chi connectivity index (χ3n) is 6.94. The number of anilines is 1. The summed E-state index contributed by atoms with van der Waals surface area (Å²) in [4.78, 5) is 63.6. The van der Waals surface area contributed by atoms with Crippen LogP contribution in [0.25, 0.3) is 0 Å². The molecule has 0 radical (unpaired) electrons. The maximum absolute atomic E-state index is 14.0. The first-order valence-electron chi connectivity index (χ1n) is 13.3. The molecule has 1 saturated carbocycles. The van der Waals surface area contributed by atoms with Crippen molar-refractivity contribution in [3.63, 3.8) is 0 Å². The van der Waals surface area contributed by atoms with Gasteiger partial charge in [0.2, 0.25) is 23.4 Å². The number of hydrogen-bond donors (Lipinski definition) is 4. The van der Waals surface area contributed by atoms with Gasteiger partial charge < -0.3 is 26.0 Å². The Morgan fingerprint density at radius 2 is 1.55 bits per heavy atom. The Bertz CT molecular complexity index is 1350. The van der Waals surface area contributed by atoms with Crippen LogP contribution in [0.5, 0.6) is 5.75 Å². The molecule has 2 aliphatic rings. The van der Waals surface area contributed by atoms with E-state index in [4.69, 9.17) is 4.74 Å². The molecule has 1 saturated heterocycles. The molecule has 4 rings (SSSR count). The number of Topliss-reactive ketones (excluding diaryl/α,β-unsaturated/α-hetero) is 1. The molecular formula is C28H28F4N4O6. The molecule has 2 aromatic rings. The fourth-order valence-corrected chi connectivity index (χ4v) is 4.47. The first-order chi connectivity index (χ1) is 20.0. The smallest absolute Gasteiger partial charge is 0.313 e. The van der Waals surface area contributed by atoms with Crippen molar-refractivity contribution < 1.29 is 46.3 Å². The van der Waals surface area contributed by atoms with Gasteiger partial charge in [-0.1, -0.05) is 31.0 Å². The second-order valence-electron chi connectivity index (χ2n) is 10.2. The van der Waals surface area contributed by atoms with Gasteiger partial charge in [-0.2, -0.15) is 8.78 Å². The second-order valence-corrected chi connectivity index (χ2v) is 10.2. The van der Waals surface area contributed by atoms with Crippen LogP contribution < -0.4 is 26.0 Å². The van der Waals surface area contributed by atoms with Crippen molar-refractivity contribution in [2.75, 3.05) is 18.5 Å². The third kappa shape index (κ3) is 7.83. The number of rotatable bonds is 12. The first-order valence-corrected chi connectivity index (χ1v) is 13.3. The van der Waals surface area contributed by atoms with Gasteiger partial charge in [-0.25, -0.2) is 8.78 Å². The molecule has 42 heavy (non-hydrogen) atoms. The number of para-hydroxylation sites is 1. The molecule has 14 heteroatoms. The quantitative estimate of drug-likeness (QED) is 0.169. The maximum Gasteiger partial charge on any atom is 0.313 e. The lowest BCUT2D eigenvalue weighted by Crippen LogP contribution is -2.54. The Hall–Kier alpha value is -4.49. The number of nitrogens with one attached hydrogen (secondary N) is 4. The van der Waals surface area contributed by atoms with Gasteiger partial charge in [0.25, 0.3) is 0 Å². The highest BCUT2D eigenvalue weighted by atomic mass is 19.2.